The van der Waals surface area contributed by atoms with Gasteiger partial charge in [-0.25, -0.2) is 0 Å². The molecule has 0 bridgehead atoms. The molecule has 0 saturated carbocycles. The first kappa shape index (κ1) is 40.6. The maximum Gasteiger partial charge on any atom is 0.0561 e. The van der Waals surface area contributed by atoms with Crippen molar-refractivity contribution in [3.05, 3.63) is 306 Å². The van der Waals surface area contributed by atoms with Gasteiger partial charge in [0.05, 0.1) is 21.9 Å². The van der Waals surface area contributed by atoms with E-state index in [4.69, 9.17) is 0 Å². The van der Waals surface area contributed by atoms with E-state index < -0.39 is 5.41 Å². The van der Waals surface area contributed by atoms with Crippen molar-refractivity contribution >= 4 is 44.4 Å². The summed E-state index contributed by atoms with van der Waals surface area (Å²) >= 11 is 0. The van der Waals surface area contributed by atoms with Crippen molar-refractivity contribution in [3.63, 3.8) is 0 Å². The lowest BCUT2D eigenvalue weighted by Crippen LogP contribution is -2.48. The molecule has 4 atom stereocenters. The number of hydrogen-bond acceptors (Lipinski definition) is 1. The van der Waals surface area contributed by atoms with Crippen molar-refractivity contribution < 1.29 is 0 Å². The molecule has 0 amide bonds. The van der Waals surface area contributed by atoms with Gasteiger partial charge in [0.15, 0.2) is 0 Å². The van der Waals surface area contributed by atoms with E-state index in [0.717, 1.165) is 35.6 Å². The van der Waals surface area contributed by atoms with Gasteiger partial charge in [-0.3, -0.25) is 0 Å². The van der Waals surface area contributed by atoms with Crippen LogP contribution in [0.3, 0.4) is 0 Å². The van der Waals surface area contributed by atoms with Crippen molar-refractivity contribution in [3.8, 4) is 16.8 Å². The average molecular weight is 895 g/mol. The molecular formula is C68H50N2. The number of allylic oxidation sites excluding steroid dienone is 8. The Morgan fingerprint density at radius 2 is 1.04 bits per heavy atom. The third-order valence-electron chi connectivity index (χ3n) is 16.2. The second-order valence-corrected chi connectivity index (χ2v) is 19.4. The summed E-state index contributed by atoms with van der Waals surface area (Å²) in [6, 6.07) is 84.2. The van der Waals surface area contributed by atoms with Crippen LogP contribution in [0.5, 0.6) is 0 Å². The number of fused-ring (bicyclic) bond motifs is 8. The largest absolute Gasteiger partial charge is 0.310 e. The van der Waals surface area contributed by atoms with Gasteiger partial charge < -0.3 is 9.47 Å². The molecule has 9 aromatic carbocycles. The van der Waals surface area contributed by atoms with Gasteiger partial charge in [-0.05, 0) is 129 Å². The normalized spacial score (nSPS) is 20.5. The molecule has 2 heteroatoms. The van der Waals surface area contributed by atoms with E-state index in [1.165, 1.54) is 77.5 Å². The molecule has 0 N–H and O–H groups in total. The first-order valence-corrected chi connectivity index (χ1v) is 24.9. The van der Waals surface area contributed by atoms with Gasteiger partial charge in [0.2, 0.25) is 0 Å². The summed E-state index contributed by atoms with van der Waals surface area (Å²) in [5.74, 6) is 0.485. The maximum atomic E-state index is 2.49. The van der Waals surface area contributed by atoms with Crippen molar-refractivity contribution in [2.75, 3.05) is 4.90 Å². The summed E-state index contributed by atoms with van der Waals surface area (Å²) in [5, 5.41) is 2.47. The molecule has 70 heavy (non-hydrogen) atoms. The van der Waals surface area contributed by atoms with Crippen molar-refractivity contribution in [2.24, 2.45) is 11.8 Å². The molecule has 0 spiro atoms. The van der Waals surface area contributed by atoms with Crippen LogP contribution in [-0.4, -0.2) is 4.57 Å². The van der Waals surface area contributed by atoms with E-state index in [9.17, 15) is 0 Å². The first-order valence-electron chi connectivity index (χ1n) is 24.9. The van der Waals surface area contributed by atoms with Gasteiger partial charge in [0.25, 0.3) is 0 Å². The smallest absolute Gasteiger partial charge is 0.0561 e. The maximum absolute atomic E-state index is 2.49. The Labute approximate surface area is 410 Å². The molecule has 4 aliphatic carbocycles. The molecule has 10 aromatic rings. The van der Waals surface area contributed by atoms with Crippen LogP contribution in [0.1, 0.15) is 51.8 Å². The minimum atomic E-state index is -0.463. The van der Waals surface area contributed by atoms with E-state index in [-0.39, 0.29) is 11.3 Å². The minimum Gasteiger partial charge on any atom is -0.310 e. The molecule has 4 aliphatic rings. The lowest BCUT2D eigenvalue weighted by molar-refractivity contribution is 0.389. The number of anilines is 3. The third kappa shape index (κ3) is 5.80. The summed E-state index contributed by atoms with van der Waals surface area (Å²) < 4.78 is 2.43. The minimum absolute atomic E-state index is 0.191. The van der Waals surface area contributed by atoms with Gasteiger partial charge in [-0.1, -0.05) is 212 Å². The van der Waals surface area contributed by atoms with Gasteiger partial charge >= 0.3 is 0 Å². The highest BCUT2D eigenvalue weighted by Crippen LogP contribution is 2.68. The predicted octanol–water partition coefficient (Wildman–Crippen LogP) is 17.0. The lowest BCUT2D eigenvalue weighted by Gasteiger charge is -2.53. The number of nitrogens with zero attached hydrogens (tertiary/aromatic N) is 2. The summed E-state index contributed by atoms with van der Waals surface area (Å²) in [5.41, 5.74) is 19.8. The van der Waals surface area contributed by atoms with E-state index >= 15 is 0 Å². The van der Waals surface area contributed by atoms with E-state index in [2.05, 4.69) is 276 Å². The van der Waals surface area contributed by atoms with Gasteiger partial charge in [-0.15, -0.1) is 0 Å². The Balaban J connectivity index is 0.963. The van der Waals surface area contributed by atoms with Crippen molar-refractivity contribution in [2.45, 2.75) is 23.7 Å². The number of hydrogen-bond donors (Lipinski definition) is 0. The Morgan fingerprint density at radius 3 is 1.81 bits per heavy atom. The molecule has 4 unspecified atom stereocenters. The summed E-state index contributed by atoms with van der Waals surface area (Å²) in [6.45, 7) is 0. The monoisotopic (exact) mass is 894 g/mol. The Hall–Kier alpha value is -8.46. The fourth-order valence-corrected chi connectivity index (χ4v) is 13.4. The zero-order valence-corrected chi connectivity index (χ0v) is 38.9. The Morgan fingerprint density at radius 1 is 0.429 bits per heavy atom. The third-order valence-corrected chi connectivity index (χ3v) is 16.2. The molecular weight excluding hydrogens is 845 g/mol. The predicted molar refractivity (Wildman–Crippen MR) is 292 cm³/mol. The van der Waals surface area contributed by atoms with Gasteiger partial charge in [0, 0.05) is 39.4 Å². The SMILES string of the molecule is C1=CCC(C2(c3ccc(N(c4ccccc4)c4ccc5c6ccccc6n(-c6ccc(-c7ccccc7)cc6)c5c4)cc3)c3ccccc3C3(c4ccccc4)c4c(cccc42)C2=CC=CCC23)C=C1. The fraction of sp³-hybridized carbons (Fsp3) is 0.0882. The summed E-state index contributed by atoms with van der Waals surface area (Å²) in [7, 11) is 0. The highest BCUT2D eigenvalue weighted by Gasteiger charge is 2.61. The van der Waals surface area contributed by atoms with E-state index in [1.54, 1.807) is 0 Å². The Bertz CT molecular complexity index is 3760. The van der Waals surface area contributed by atoms with E-state index in [0.29, 0.717) is 5.92 Å². The number of rotatable bonds is 8. The van der Waals surface area contributed by atoms with Gasteiger partial charge in [-0.2, -0.15) is 0 Å². The molecule has 2 nitrogen and oxygen atoms in total. The lowest BCUT2D eigenvalue weighted by atomic mass is 9.48. The van der Waals surface area contributed by atoms with Crippen molar-refractivity contribution in [1.29, 1.82) is 0 Å². The van der Waals surface area contributed by atoms with Crippen LogP contribution < -0.4 is 4.90 Å². The van der Waals surface area contributed by atoms with Crippen LogP contribution in [0.4, 0.5) is 17.1 Å². The molecule has 0 fully saturated rings. The highest BCUT2D eigenvalue weighted by molar-refractivity contribution is 6.10. The van der Waals surface area contributed by atoms with Gasteiger partial charge in [0.1, 0.15) is 0 Å². The second-order valence-electron chi connectivity index (χ2n) is 19.4. The molecule has 332 valence electrons. The number of aromatic nitrogens is 1. The molecule has 0 radical (unpaired) electrons. The molecule has 0 aliphatic heterocycles. The van der Waals surface area contributed by atoms with Crippen LogP contribution in [0, 0.1) is 11.8 Å². The topological polar surface area (TPSA) is 8.17 Å². The standard InChI is InChI=1S/C68H50N2/c1-5-20-47(21-6-1)48-36-40-54(41-37-48)70-64-35-18-14-29-57(64)58-45-44-55(46-65(58)70)69(52-26-11-4-12-27-52)53-42-38-51(39-43-53)67(49-22-7-2-8-23-49)61-32-16-17-33-62(61)68(50-24-9-3-10-25-50)60-31-15-13-28-56(60)59-30-19-34-63(67)66(59)68/h1-22,24-30,32-46,49,60H,23,31H2. The molecule has 1 aromatic heterocycles. The van der Waals surface area contributed by atoms with E-state index in [1.807, 2.05) is 0 Å². The highest BCUT2D eigenvalue weighted by atomic mass is 15.1. The van der Waals surface area contributed by atoms with Crippen LogP contribution in [0.25, 0.3) is 44.2 Å². The number of benzene rings is 9. The van der Waals surface area contributed by atoms with Crippen LogP contribution in [0.2, 0.25) is 0 Å². The zero-order chi connectivity index (χ0) is 46.2. The molecule has 1 heterocycles. The van der Waals surface area contributed by atoms with Crippen molar-refractivity contribution in [1.82, 2.24) is 4.57 Å². The molecule has 14 rings (SSSR count). The summed E-state index contributed by atoms with van der Waals surface area (Å²) in [6.07, 6.45) is 18.4. The number of para-hydroxylation sites is 2. The fourth-order valence-electron chi connectivity index (χ4n) is 13.4. The second kappa shape index (κ2) is 16.1. The first-order chi connectivity index (χ1) is 34.7. The average Bonchev–Trinajstić information content (AvgIpc) is 3.94. The zero-order valence-electron chi connectivity index (χ0n) is 38.9. The quantitative estimate of drug-likeness (QED) is 0.148. The van der Waals surface area contributed by atoms with Crippen LogP contribution >= 0.6 is 0 Å². The van der Waals surface area contributed by atoms with Crippen LogP contribution in [0.15, 0.2) is 267 Å². The van der Waals surface area contributed by atoms with Crippen LogP contribution in [-0.2, 0) is 10.8 Å². The Kier molecular flexibility index (Phi) is 9.32. The molecule has 0 saturated heterocycles. The summed E-state index contributed by atoms with van der Waals surface area (Å²) in [4.78, 5) is 2.43.